The maximum absolute atomic E-state index is 15.4. The van der Waals surface area contributed by atoms with E-state index in [1.165, 1.54) is 0 Å². The predicted octanol–water partition coefficient (Wildman–Crippen LogP) is 5.12. The highest BCUT2D eigenvalue weighted by Crippen LogP contribution is 2.35. The first-order valence-corrected chi connectivity index (χ1v) is 12.1. The predicted molar refractivity (Wildman–Crippen MR) is 137 cm³/mol. The maximum atomic E-state index is 15.4. The Balaban J connectivity index is 1.38. The fraction of sp³-hybridized carbons (Fsp3) is 0.379. The number of likely N-dealkylation sites (tertiary alicyclic amines) is 1. The number of carboxylic acid groups (broad SMARTS) is 1. The molecule has 6 nitrogen and oxygen atoms in total. The molecule has 0 unspecified atom stereocenters. The van der Waals surface area contributed by atoms with Gasteiger partial charge in [0.15, 0.2) is 0 Å². The smallest absolute Gasteiger partial charge is 0.308 e. The number of carboxylic acids is 1. The summed E-state index contributed by atoms with van der Waals surface area (Å²) in [6, 6.07) is 14.7. The van der Waals surface area contributed by atoms with Crippen molar-refractivity contribution in [3.05, 3.63) is 65.9 Å². The van der Waals surface area contributed by atoms with Crippen molar-refractivity contribution >= 4 is 16.9 Å². The molecule has 0 aliphatic carbocycles. The van der Waals surface area contributed by atoms with E-state index < -0.39 is 18.1 Å². The minimum Gasteiger partial charge on any atom is -0.497 e. The van der Waals surface area contributed by atoms with Crippen LogP contribution in [0.25, 0.3) is 10.9 Å². The van der Waals surface area contributed by atoms with Gasteiger partial charge in [-0.2, -0.15) is 0 Å². The lowest BCUT2D eigenvalue weighted by atomic mass is 9.81. The van der Waals surface area contributed by atoms with Gasteiger partial charge in [-0.3, -0.25) is 14.7 Å². The number of aliphatic carboxylic acids is 1. The van der Waals surface area contributed by atoms with Crippen LogP contribution in [-0.4, -0.2) is 54.8 Å². The number of hydrogen-bond acceptors (Lipinski definition) is 5. The van der Waals surface area contributed by atoms with Crippen LogP contribution in [0.5, 0.6) is 11.5 Å². The maximum Gasteiger partial charge on any atom is 0.308 e. The molecule has 1 fully saturated rings. The number of fused-ring (bicyclic) bond motifs is 1. The number of benzene rings is 2. The summed E-state index contributed by atoms with van der Waals surface area (Å²) in [6.45, 7) is 1.62. The van der Waals surface area contributed by atoms with Gasteiger partial charge in [-0.1, -0.05) is 24.0 Å². The summed E-state index contributed by atoms with van der Waals surface area (Å²) >= 11 is 0. The van der Waals surface area contributed by atoms with Crippen molar-refractivity contribution in [3.63, 3.8) is 0 Å². The standard InChI is InChI=1S/C29H31FN2O4/c1-35-22-10-12-27-24(18-22)23(13-15-31-27)26(30)11-9-20-14-17-32(19-25(20)29(33)34)16-5-7-21-6-3-4-8-28(21)36-2/h3-4,6,8,10,12-13,15,18,20,25-26H,9,11,14,16-17,19H2,1-2H3,(H,33,34)/t20-,25+,26+/m1/s1. The van der Waals surface area contributed by atoms with Crippen LogP contribution in [0.4, 0.5) is 4.39 Å². The number of halogens is 1. The first-order valence-electron chi connectivity index (χ1n) is 12.1. The van der Waals surface area contributed by atoms with Crippen LogP contribution >= 0.6 is 0 Å². The number of piperidine rings is 1. The molecule has 0 radical (unpaired) electrons. The highest BCUT2D eigenvalue weighted by Gasteiger charge is 2.34. The van der Waals surface area contributed by atoms with Crippen molar-refractivity contribution in [2.45, 2.75) is 25.4 Å². The molecule has 0 spiro atoms. The average Bonchev–Trinajstić information content (AvgIpc) is 2.91. The van der Waals surface area contributed by atoms with Crippen molar-refractivity contribution in [3.8, 4) is 23.3 Å². The van der Waals surface area contributed by atoms with E-state index in [1.54, 1.807) is 38.6 Å². The Morgan fingerprint density at radius 2 is 2.06 bits per heavy atom. The van der Waals surface area contributed by atoms with Gasteiger partial charge in [0.25, 0.3) is 0 Å². The number of hydrogen-bond donors (Lipinski definition) is 1. The number of nitrogens with zero attached hydrogens (tertiary/aromatic N) is 2. The monoisotopic (exact) mass is 490 g/mol. The zero-order valence-electron chi connectivity index (χ0n) is 20.6. The van der Waals surface area contributed by atoms with Gasteiger partial charge in [-0.05, 0) is 73.7 Å². The fourth-order valence-electron chi connectivity index (χ4n) is 4.89. The molecule has 3 aromatic rings. The summed E-state index contributed by atoms with van der Waals surface area (Å²) in [5.74, 6) is 6.16. The number of ether oxygens (including phenoxy) is 2. The topological polar surface area (TPSA) is 71.9 Å². The molecule has 0 amide bonds. The van der Waals surface area contributed by atoms with Crippen LogP contribution < -0.4 is 9.47 Å². The van der Waals surface area contributed by atoms with Crippen molar-refractivity contribution in [2.24, 2.45) is 11.8 Å². The molecule has 1 N–H and O–H groups in total. The second-order valence-electron chi connectivity index (χ2n) is 9.06. The van der Waals surface area contributed by atoms with E-state index in [4.69, 9.17) is 9.47 Å². The summed E-state index contributed by atoms with van der Waals surface area (Å²) in [5.41, 5.74) is 2.08. The zero-order chi connectivity index (χ0) is 25.5. The van der Waals surface area contributed by atoms with E-state index in [-0.39, 0.29) is 12.3 Å². The van der Waals surface area contributed by atoms with E-state index in [0.717, 1.165) is 17.5 Å². The van der Waals surface area contributed by atoms with Crippen LogP contribution in [0.3, 0.4) is 0 Å². The Labute approximate surface area is 211 Å². The highest BCUT2D eigenvalue weighted by atomic mass is 19.1. The Morgan fingerprint density at radius 3 is 2.83 bits per heavy atom. The molecule has 1 saturated heterocycles. The lowest BCUT2D eigenvalue weighted by Crippen LogP contribution is -2.44. The summed E-state index contributed by atoms with van der Waals surface area (Å²) < 4.78 is 26.0. The second-order valence-corrected chi connectivity index (χ2v) is 9.06. The number of para-hydroxylation sites is 1. The van der Waals surface area contributed by atoms with Gasteiger partial charge in [0.05, 0.1) is 37.8 Å². The molecule has 36 heavy (non-hydrogen) atoms. The largest absolute Gasteiger partial charge is 0.497 e. The molecule has 7 heteroatoms. The molecule has 3 atom stereocenters. The molecule has 1 aliphatic rings. The average molecular weight is 491 g/mol. The molecular formula is C29H31FN2O4. The van der Waals surface area contributed by atoms with Crippen LogP contribution in [0.1, 0.15) is 36.6 Å². The summed E-state index contributed by atoms with van der Waals surface area (Å²) in [4.78, 5) is 18.4. The Kier molecular flexibility index (Phi) is 8.40. The number of alkyl halides is 1. The zero-order valence-corrected chi connectivity index (χ0v) is 20.6. The number of pyridine rings is 1. The molecule has 0 bridgehead atoms. The fourth-order valence-corrected chi connectivity index (χ4v) is 4.89. The van der Waals surface area contributed by atoms with Gasteiger partial charge in [-0.25, -0.2) is 4.39 Å². The van der Waals surface area contributed by atoms with Gasteiger partial charge in [0.2, 0.25) is 0 Å². The first kappa shape index (κ1) is 25.5. The number of methoxy groups -OCH3 is 2. The Hall–Kier alpha value is -3.63. The van der Waals surface area contributed by atoms with Gasteiger partial charge in [0, 0.05) is 18.1 Å². The third-order valence-corrected chi connectivity index (χ3v) is 6.90. The minimum atomic E-state index is -1.21. The molecular weight excluding hydrogens is 459 g/mol. The highest BCUT2D eigenvalue weighted by molar-refractivity contribution is 5.83. The van der Waals surface area contributed by atoms with Crippen LogP contribution in [0.15, 0.2) is 54.7 Å². The van der Waals surface area contributed by atoms with Gasteiger partial charge in [-0.15, -0.1) is 0 Å². The molecule has 4 rings (SSSR count). The van der Waals surface area contributed by atoms with Crippen LogP contribution in [0.2, 0.25) is 0 Å². The lowest BCUT2D eigenvalue weighted by molar-refractivity contribution is -0.146. The Morgan fingerprint density at radius 1 is 1.22 bits per heavy atom. The SMILES string of the molecule is COc1ccc2nccc([C@@H](F)CC[C@@H]3CCN(CC#Cc4ccccc4OC)C[C@@H]3C(=O)O)c2c1. The number of aromatic nitrogens is 1. The second kappa shape index (κ2) is 11.9. The lowest BCUT2D eigenvalue weighted by Gasteiger charge is -2.35. The van der Waals surface area contributed by atoms with Crippen molar-refractivity contribution < 1.29 is 23.8 Å². The minimum absolute atomic E-state index is 0.0817. The normalized spacial score (nSPS) is 18.8. The number of carbonyl (C=O) groups is 1. The quantitative estimate of drug-likeness (QED) is 0.442. The van der Waals surface area contributed by atoms with Crippen molar-refractivity contribution in [1.29, 1.82) is 0 Å². The molecule has 2 aromatic carbocycles. The third kappa shape index (κ3) is 5.95. The van der Waals surface area contributed by atoms with Gasteiger partial charge < -0.3 is 14.6 Å². The van der Waals surface area contributed by atoms with E-state index in [2.05, 4.69) is 21.7 Å². The van der Waals surface area contributed by atoms with E-state index in [1.807, 2.05) is 30.3 Å². The van der Waals surface area contributed by atoms with Crippen LogP contribution in [-0.2, 0) is 4.79 Å². The first-order chi connectivity index (χ1) is 17.5. The molecule has 0 saturated carbocycles. The van der Waals surface area contributed by atoms with Crippen LogP contribution in [0, 0.1) is 23.7 Å². The molecule has 188 valence electrons. The third-order valence-electron chi connectivity index (χ3n) is 6.90. The van der Waals surface area contributed by atoms with Crippen molar-refractivity contribution in [2.75, 3.05) is 33.9 Å². The number of rotatable bonds is 8. The van der Waals surface area contributed by atoms with E-state index >= 15 is 4.39 Å². The summed E-state index contributed by atoms with van der Waals surface area (Å²) in [5, 5.41) is 10.6. The van der Waals surface area contributed by atoms with E-state index in [0.29, 0.717) is 48.5 Å². The van der Waals surface area contributed by atoms with Gasteiger partial charge in [0.1, 0.15) is 17.7 Å². The molecule has 1 aromatic heterocycles. The Bertz CT molecular complexity index is 1270. The van der Waals surface area contributed by atoms with Crippen molar-refractivity contribution in [1.82, 2.24) is 9.88 Å². The molecule has 1 aliphatic heterocycles. The molecule has 2 heterocycles. The van der Waals surface area contributed by atoms with Gasteiger partial charge >= 0.3 is 5.97 Å². The van der Waals surface area contributed by atoms with E-state index in [9.17, 15) is 9.90 Å². The summed E-state index contributed by atoms with van der Waals surface area (Å²) in [6.07, 6.45) is 1.87. The summed E-state index contributed by atoms with van der Waals surface area (Å²) in [7, 11) is 3.19.